The van der Waals surface area contributed by atoms with Gasteiger partial charge in [-0.1, -0.05) is 48.5 Å². The zero-order valence-corrected chi connectivity index (χ0v) is 16.4. The van der Waals surface area contributed by atoms with Crippen molar-refractivity contribution in [1.82, 2.24) is 24.6 Å². The second-order valence-electron chi connectivity index (χ2n) is 7.66. The van der Waals surface area contributed by atoms with Gasteiger partial charge in [0.2, 0.25) is 5.95 Å². The van der Waals surface area contributed by atoms with Gasteiger partial charge in [0.05, 0.1) is 17.8 Å². The van der Waals surface area contributed by atoms with Gasteiger partial charge in [-0.2, -0.15) is 0 Å². The third kappa shape index (κ3) is 2.88. The molecule has 1 fully saturated rings. The molecule has 2 aromatic carbocycles. The predicted octanol–water partition coefficient (Wildman–Crippen LogP) is 4.51. The Hall–Kier alpha value is -3.80. The van der Waals surface area contributed by atoms with Gasteiger partial charge in [-0.05, 0) is 37.1 Å². The number of nitrogens with zero attached hydrogens (tertiary/aromatic N) is 6. The van der Waals surface area contributed by atoms with Gasteiger partial charge < -0.3 is 4.90 Å². The van der Waals surface area contributed by atoms with E-state index in [1.807, 2.05) is 54.7 Å². The summed E-state index contributed by atoms with van der Waals surface area (Å²) in [6, 6.07) is 24.8. The zero-order valence-electron chi connectivity index (χ0n) is 16.4. The molecule has 1 aliphatic rings. The Kier molecular flexibility index (Phi) is 3.94. The summed E-state index contributed by atoms with van der Waals surface area (Å²) in [6.45, 7) is 0.707. The monoisotopic (exact) mass is 392 g/mol. The molecule has 30 heavy (non-hydrogen) atoms. The standard InChI is InChI=1S/C24H20N6/c1-2-8-17(9-3-1)22-27-28-23-20-11-4-5-12-21(20)26-24(30(22)23)29(19-13-14-19)16-18-10-6-7-15-25-18/h1-12,15,19H,13-14,16H2. The third-order valence-corrected chi connectivity index (χ3v) is 5.56. The maximum absolute atomic E-state index is 5.10. The van der Waals surface area contributed by atoms with Crippen LogP contribution in [0.25, 0.3) is 27.9 Å². The molecule has 3 aromatic heterocycles. The zero-order chi connectivity index (χ0) is 19.9. The van der Waals surface area contributed by atoms with Gasteiger partial charge in [-0.25, -0.2) is 9.38 Å². The maximum atomic E-state index is 5.10. The fraction of sp³-hybridized carbons (Fsp3) is 0.167. The minimum absolute atomic E-state index is 0.454. The summed E-state index contributed by atoms with van der Waals surface area (Å²) in [5.41, 5.74) is 3.82. The van der Waals surface area contributed by atoms with Gasteiger partial charge in [0, 0.05) is 23.2 Å². The summed E-state index contributed by atoms with van der Waals surface area (Å²) in [5.74, 6) is 1.69. The molecule has 0 bridgehead atoms. The fourth-order valence-electron chi connectivity index (χ4n) is 3.95. The van der Waals surface area contributed by atoms with E-state index in [1.54, 1.807) is 0 Å². The van der Waals surface area contributed by atoms with Crippen LogP contribution in [-0.2, 0) is 6.54 Å². The van der Waals surface area contributed by atoms with Gasteiger partial charge in [0.25, 0.3) is 0 Å². The van der Waals surface area contributed by atoms with Crippen LogP contribution in [0.4, 0.5) is 5.95 Å². The minimum atomic E-state index is 0.454. The highest BCUT2D eigenvalue weighted by Gasteiger charge is 2.33. The van der Waals surface area contributed by atoms with Crippen molar-refractivity contribution in [3.05, 3.63) is 84.7 Å². The van der Waals surface area contributed by atoms with Gasteiger partial charge in [0.1, 0.15) is 0 Å². The van der Waals surface area contributed by atoms with Crippen LogP contribution in [0.1, 0.15) is 18.5 Å². The maximum Gasteiger partial charge on any atom is 0.214 e. The third-order valence-electron chi connectivity index (χ3n) is 5.56. The molecule has 0 radical (unpaired) electrons. The fourth-order valence-corrected chi connectivity index (χ4v) is 3.95. The summed E-state index contributed by atoms with van der Waals surface area (Å²) in [4.78, 5) is 12.0. The van der Waals surface area contributed by atoms with Crippen LogP contribution in [0.3, 0.4) is 0 Å². The Bertz CT molecular complexity index is 1330. The van der Waals surface area contributed by atoms with Crippen molar-refractivity contribution in [3.63, 3.8) is 0 Å². The van der Waals surface area contributed by atoms with Gasteiger partial charge in [-0.3, -0.25) is 4.98 Å². The SMILES string of the molecule is c1ccc(-c2nnc3c4ccccc4nc(N(Cc4ccccn4)C4CC4)n23)cc1. The van der Waals surface area contributed by atoms with Crippen LogP contribution >= 0.6 is 0 Å². The summed E-state index contributed by atoms with van der Waals surface area (Å²) in [5, 5.41) is 10.2. The highest BCUT2D eigenvalue weighted by Crippen LogP contribution is 2.35. The van der Waals surface area contributed by atoms with E-state index in [9.17, 15) is 0 Å². The summed E-state index contributed by atoms with van der Waals surface area (Å²) >= 11 is 0. The summed E-state index contributed by atoms with van der Waals surface area (Å²) in [6.07, 6.45) is 4.16. The Labute approximate surface area is 173 Å². The first kappa shape index (κ1) is 17.1. The number of hydrogen-bond donors (Lipinski definition) is 0. The first-order valence-corrected chi connectivity index (χ1v) is 10.2. The van der Waals surface area contributed by atoms with E-state index in [2.05, 4.69) is 48.7 Å². The Balaban J connectivity index is 1.61. The average Bonchev–Trinajstić information content (AvgIpc) is 3.55. The van der Waals surface area contributed by atoms with E-state index in [0.717, 1.165) is 52.4 Å². The van der Waals surface area contributed by atoms with Crippen molar-refractivity contribution >= 4 is 22.5 Å². The second kappa shape index (κ2) is 6.91. The normalized spacial score (nSPS) is 13.7. The van der Waals surface area contributed by atoms with Crippen LogP contribution < -0.4 is 4.90 Å². The number of benzene rings is 2. The van der Waals surface area contributed by atoms with E-state index in [0.29, 0.717) is 12.6 Å². The smallest absolute Gasteiger partial charge is 0.214 e. The lowest BCUT2D eigenvalue weighted by Gasteiger charge is -2.25. The van der Waals surface area contributed by atoms with Crippen LogP contribution in [0.15, 0.2) is 79.0 Å². The first-order valence-electron chi connectivity index (χ1n) is 10.2. The van der Waals surface area contributed by atoms with Gasteiger partial charge in [0.15, 0.2) is 11.5 Å². The van der Waals surface area contributed by atoms with Crippen LogP contribution in [0.2, 0.25) is 0 Å². The number of rotatable bonds is 5. The minimum Gasteiger partial charge on any atom is -0.333 e. The Morgan fingerprint density at radius 2 is 1.67 bits per heavy atom. The topological polar surface area (TPSA) is 59.2 Å². The van der Waals surface area contributed by atoms with Crippen LogP contribution in [0.5, 0.6) is 0 Å². The number of hydrogen-bond acceptors (Lipinski definition) is 5. The van der Waals surface area contributed by atoms with E-state index >= 15 is 0 Å². The molecular weight excluding hydrogens is 372 g/mol. The lowest BCUT2D eigenvalue weighted by atomic mass is 10.2. The summed E-state index contributed by atoms with van der Waals surface area (Å²) in [7, 11) is 0. The molecule has 0 aliphatic heterocycles. The molecule has 146 valence electrons. The molecule has 0 unspecified atom stereocenters. The predicted molar refractivity (Wildman–Crippen MR) is 117 cm³/mol. The molecule has 0 amide bonds. The first-order chi connectivity index (χ1) is 14.9. The van der Waals surface area contributed by atoms with Crippen molar-refractivity contribution in [2.75, 3.05) is 4.90 Å². The van der Waals surface area contributed by atoms with E-state index in [1.165, 1.54) is 0 Å². The molecule has 6 rings (SSSR count). The number of fused-ring (bicyclic) bond motifs is 3. The molecule has 0 saturated heterocycles. The van der Waals surface area contributed by atoms with Gasteiger partial charge in [-0.15, -0.1) is 10.2 Å². The number of anilines is 1. The molecule has 0 spiro atoms. The van der Waals surface area contributed by atoms with Crippen molar-refractivity contribution < 1.29 is 0 Å². The van der Waals surface area contributed by atoms with Gasteiger partial charge >= 0.3 is 0 Å². The average molecular weight is 392 g/mol. The molecule has 3 heterocycles. The Morgan fingerprint density at radius 3 is 2.47 bits per heavy atom. The second-order valence-corrected chi connectivity index (χ2v) is 7.66. The highest BCUT2D eigenvalue weighted by molar-refractivity contribution is 5.93. The lowest BCUT2D eigenvalue weighted by molar-refractivity contribution is 0.739. The molecule has 5 aromatic rings. The lowest BCUT2D eigenvalue weighted by Crippen LogP contribution is -2.29. The molecule has 1 saturated carbocycles. The van der Waals surface area contributed by atoms with Crippen molar-refractivity contribution in [3.8, 4) is 11.4 Å². The Morgan fingerprint density at radius 1 is 0.867 bits per heavy atom. The largest absolute Gasteiger partial charge is 0.333 e. The molecule has 0 atom stereocenters. The molecule has 6 heteroatoms. The molecule has 6 nitrogen and oxygen atoms in total. The van der Waals surface area contributed by atoms with Crippen molar-refractivity contribution in [2.24, 2.45) is 0 Å². The van der Waals surface area contributed by atoms with E-state index in [-0.39, 0.29) is 0 Å². The van der Waals surface area contributed by atoms with E-state index in [4.69, 9.17) is 4.98 Å². The quantitative estimate of drug-likeness (QED) is 0.440. The molecule has 0 N–H and O–H groups in total. The van der Waals surface area contributed by atoms with Crippen LogP contribution in [-0.4, -0.2) is 30.6 Å². The number of pyridine rings is 1. The van der Waals surface area contributed by atoms with Crippen LogP contribution in [0, 0.1) is 0 Å². The summed E-state index contributed by atoms with van der Waals surface area (Å²) < 4.78 is 2.11. The highest BCUT2D eigenvalue weighted by atomic mass is 15.4. The molecule has 1 aliphatic carbocycles. The van der Waals surface area contributed by atoms with Crippen molar-refractivity contribution in [2.45, 2.75) is 25.4 Å². The van der Waals surface area contributed by atoms with Crippen molar-refractivity contribution in [1.29, 1.82) is 0 Å². The van der Waals surface area contributed by atoms with E-state index < -0.39 is 0 Å². The number of aromatic nitrogens is 5. The number of para-hydroxylation sites is 1. The molecular formula is C24H20N6.